The first-order valence-electron chi connectivity index (χ1n) is 6.14. The van der Waals surface area contributed by atoms with E-state index in [1.54, 1.807) is 14.0 Å². The molecule has 2 rings (SSSR count). The number of nitro benzene ring substituents is 1. The highest BCUT2D eigenvalue weighted by Gasteiger charge is 2.26. The maximum Gasteiger partial charge on any atom is 0.320 e. The largest absolute Gasteiger partial charge is 0.480 e. The quantitative estimate of drug-likeness (QED) is 0.655. The lowest BCUT2D eigenvalue weighted by Crippen LogP contribution is -2.32. The van der Waals surface area contributed by atoms with Gasteiger partial charge >= 0.3 is 5.97 Å². The number of carboxylic acid groups (broad SMARTS) is 1. The van der Waals surface area contributed by atoms with E-state index in [1.165, 1.54) is 4.57 Å². The first kappa shape index (κ1) is 14.9. The van der Waals surface area contributed by atoms with Gasteiger partial charge in [0.25, 0.3) is 5.69 Å². The molecule has 1 heterocycles. The summed E-state index contributed by atoms with van der Waals surface area (Å²) in [7, 11) is 1.57. The van der Waals surface area contributed by atoms with Crippen molar-refractivity contribution in [3.8, 4) is 0 Å². The molecule has 0 saturated heterocycles. The Morgan fingerprint density at radius 1 is 1.57 bits per heavy atom. The fourth-order valence-electron chi connectivity index (χ4n) is 2.44. The van der Waals surface area contributed by atoms with Gasteiger partial charge in [-0.25, -0.2) is 4.39 Å². The molecule has 1 atom stereocenters. The monoisotopic (exact) mass is 295 g/mol. The number of aryl methyl sites for hydroxylation is 1. The number of fused-ring (bicyclic) bond motifs is 1. The van der Waals surface area contributed by atoms with Crippen LogP contribution in [0.1, 0.15) is 11.3 Å². The summed E-state index contributed by atoms with van der Waals surface area (Å²) in [4.78, 5) is 21.4. The van der Waals surface area contributed by atoms with Gasteiger partial charge in [0.1, 0.15) is 17.4 Å². The lowest BCUT2D eigenvalue weighted by Gasteiger charge is -2.07. The number of hydrogen-bond acceptors (Lipinski definition) is 4. The molecule has 0 radical (unpaired) electrons. The van der Waals surface area contributed by atoms with Crippen molar-refractivity contribution in [2.75, 3.05) is 0 Å². The number of rotatable bonds is 4. The molecule has 0 aliphatic carbocycles. The van der Waals surface area contributed by atoms with E-state index >= 15 is 0 Å². The zero-order valence-electron chi connectivity index (χ0n) is 11.5. The van der Waals surface area contributed by atoms with E-state index < -0.39 is 22.8 Å². The maximum absolute atomic E-state index is 14.1. The molecule has 0 fully saturated rings. The van der Waals surface area contributed by atoms with E-state index in [4.69, 9.17) is 10.8 Å². The summed E-state index contributed by atoms with van der Waals surface area (Å²) in [5, 5.41) is 20.0. The highest BCUT2D eigenvalue weighted by atomic mass is 19.1. The second-order valence-electron chi connectivity index (χ2n) is 4.82. The molecule has 7 nitrogen and oxygen atoms in total. The maximum atomic E-state index is 14.1. The Bertz CT molecular complexity index is 754. The predicted molar refractivity (Wildman–Crippen MR) is 73.6 cm³/mol. The predicted octanol–water partition coefficient (Wildman–Crippen LogP) is 1.49. The highest BCUT2D eigenvalue weighted by Crippen LogP contribution is 2.34. The van der Waals surface area contributed by atoms with Crippen LogP contribution in [0.2, 0.25) is 0 Å². The lowest BCUT2D eigenvalue weighted by atomic mass is 10.0. The Balaban J connectivity index is 2.78. The molecule has 0 aliphatic rings. The van der Waals surface area contributed by atoms with E-state index in [-0.39, 0.29) is 23.0 Å². The third-order valence-corrected chi connectivity index (χ3v) is 3.62. The Hall–Kier alpha value is -2.48. The van der Waals surface area contributed by atoms with Gasteiger partial charge in [0.05, 0.1) is 4.92 Å². The number of halogens is 1. The van der Waals surface area contributed by atoms with Crippen molar-refractivity contribution in [3.63, 3.8) is 0 Å². The molecule has 0 amide bonds. The van der Waals surface area contributed by atoms with Crippen molar-refractivity contribution in [1.82, 2.24) is 4.57 Å². The van der Waals surface area contributed by atoms with Crippen LogP contribution >= 0.6 is 0 Å². The smallest absolute Gasteiger partial charge is 0.320 e. The van der Waals surface area contributed by atoms with Crippen molar-refractivity contribution < 1.29 is 19.2 Å². The van der Waals surface area contributed by atoms with E-state index in [1.807, 2.05) is 0 Å². The van der Waals surface area contributed by atoms with Gasteiger partial charge < -0.3 is 15.4 Å². The van der Waals surface area contributed by atoms with Crippen LogP contribution in [0.4, 0.5) is 10.1 Å². The van der Waals surface area contributed by atoms with Crippen molar-refractivity contribution in [3.05, 3.63) is 39.3 Å². The second-order valence-corrected chi connectivity index (χ2v) is 4.82. The Morgan fingerprint density at radius 3 is 2.71 bits per heavy atom. The molecule has 0 aliphatic heterocycles. The second kappa shape index (κ2) is 5.13. The molecular formula is C13H14FN3O4. The average molecular weight is 295 g/mol. The Labute approximate surface area is 118 Å². The summed E-state index contributed by atoms with van der Waals surface area (Å²) in [6.07, 6.45) is -0.101. The van der Waals surface area contributed by atoms with Crippen LogP contribution in [-0.2, 0) is 18.3 Å². The van der Waals surface area contributed by atoms with Crippen LogP contribution in [0.25, 0.3) is 10.9 Å². The minimum Gasteiger partial charge on any atom is -0.480 e. The number of nitro groups is 1. The van der Waals surface area contributed by atoms with E-state index in [0.717, 1.165) is 12.1 Å². The number of aliphatic carboxylic acids is 1. The van der Waals surface area contributed by atoms with Crippen molar-refractivity contribution in [2.24, 2.45) is 12.8 Å². The molecule has 1 aromatic heterocycles. The molecule has 2 aromatic rings. The normalized spacial score (nSPS) is 12.6. The van der Waals surface area contributed by atoms with Crippen LogP contribution in [0.15, 0.2) is 12.1 Å². The van der Waals surface area contributed by atoms with E-state index in [2.05, 4.69) is 0 Å². The molecule has 112 valence electrons. The van der Waals surface area contributed by atoms with Gasteiger partial charge in [-0.2, -0.15) is 0 Å². The standard InChI is InChI=1S/C13H14FN3O4/c1-6-7(5-9(15)13(18)19)11-8(14)3-4-10(17(20)21)12(11)16(6)2/h3-4,9H,5,15H2,1-2H3,(H,18,19). The van der Waals surface area contributed by atoms with E-state index in [9.17, 15) is 19.3 Å². The molecular weight excluding hydrogens is 281 g/mol. The molecule has 1 aromatic carbocycles. The molecule has 1 unspecified atom stereocenters. The summed E-state index contributed by atoms with van der Waals surface area (Å²) in [5.74, 6) is -1.84. The molecule has 3 N–H and O–H groups in total. The number of hydrogen-bond donors (Lipinski definition) is 2. The summed E-state index contributed by atoms with van der Waals surface area (Å²) < 4.78 is 15.6. The van der Waals surface area contributed by atoms with Gasteiger partial charge in [-0.1, -0.05) is 0 Å². The van der Waals surface area contributed by atoms with Gasteiger partial charge in [0, 0.05) is 30.6 Å². The highest BCUT2D eigenvalue weighted by molar-refractivity contribution is 5.93. The third-order valence-electron chi connectivity index (χ3n) is 3.62. The number of aromatic nitrogens is 1. The Morgan fingerprint density at radius 2 is 2.19 bits per heavy atom. The first-order chi connectivity index (χ1) is 9.75. The van der Waals surface area contributed by atoms with Crippen molar-refractivity contribution >= 4 is 22.6 Å². The van der Waals surface area contributed by atoms with Crippen LogP contribution < -0.4 is 5.73 Å². The van der Waals surface area contributed by atoms with Gasteiger partial charge in [-0.05, 0) is 18.6 Å². The fourth-order valence-corrected chi connectivity index (χ4v) is 2.44. The minimum absolute atomic E-state index is 0.0564. The molecule has 0 saturated carbocycles. The summed E-state index contributed by atoms with van der Waals surface area (Å²) in [5.41, 5.74) is 6.33. The minimum atomic E-state index is -1.21. The van der Waals surface area contributed by atoms with Gasteiger partial charge in [0.2, 0.25) is 0 Å². The number of nitrogens with two attached hydrogens (primary N) is 1. The number of carbonyl (C=O) groups is 1. The number of carboxylic acids is 1. The molecule has 8 heteroatoms. The molecule has 0 bridgehead atoms. The van der Waals surface area contributed by atoms with Crippen LogP contribution in [0, 0.1) is 22.9 Å². The third kappa shape index (κ3) is 2.33. The zero-order chi connectivity index (χ0) is 15.9. The molecule has 21 heavy (non-hydrogen) atoms. The first-order valence-corrected chi connectivity index (χ1v) is 6.14. The lowest BCUT2D eigenvalue weighted by molar-refractivity contribution is -0.383. The summed E-state index contributed by atoms with van der Waals surface area (Å²) in [6, 6.07) is 0.904. The van der Waals surface area contributed by atoms with Crippen molar-refractivity contribution in [2.45, 2.75) is 19.4 Å². The average Bonchev–Trinajstić information content (AvgIpc) is 2.65. The van der Waals surface area contributed by atoms with Crippen LogP contribution in [0.3, 0.4) is 0 Å². The van der Waals surface area contributed by atoms with Gasteiger partial charge in [0.15, 0.2) is 0 Å². The molecule has 0 spiro atoms. The number of non-ortho nitro benzene ring substituents is 1. The summed E-state index contributed by atoms with van der Waals surface area (Å²) >= 11 is 0. The van der Waals surface area contributed by atoms with E-state index in [0.29, 0.717) is 11.3 Å². The van der Waals surface area contributed by atoms with Crippen molar-refractivity contribution in [1.29, 1.82) is 0 Å². The number of nitrogens with zero attached hydrogens (tertiary/aromatic N) is 2. The van der Waals surface area contributed by atoms with Gasteiger partial charge in [-0.3, -0.25) is 14.9 Å². The Kier molecular flexibility index (Phi) is 3.65. The number of benzene rings is 1. The summed E-state index contributed by atoms with van der Waals surface area (Å²) in [6.45, 7) is 1.65. The zero-order valence-corrected chi connectivity index (χ0v) is 11.5. The van der Waals surface area contributed by atoms with Gasteiger partial charge in [-0.15, -0.1) is 0 Å². The topological polar surface area (TPSA) is 111 Å². The fraction of sp³-hybridized carbons (Fsp3) is 0.308. The van der Waals surface area contributed by atoms with Crippen LogP contribution in [0.5, 0.6) is 0 Å². The van der Waals surface area contributed by atoms with Crippen LogP contribution in [-0.4, -0.2) is 26.6 Å². The SMILES string of the molecule is Cc1c(CC(N)C(=O)O)c2c(F)ccc([N+](=O)[O-])c2n1C.